The predicted octanol–water partition coefficient (Wildman–Crippen LogP) is 5.27. The van der Waals surface area contributed by atoms with E-state index < -0.39 is 6.36 Å². The van der Waals surface area contributed by atoms with Gasteiger partial charge in [0, 0.05) is 16.7 Å². The van der Waals surface area contributed by atoms with Crippen LogP contribution in [0.1, 0.15) is 11.1 Å². The fourth-order valence-corrected chi connectivity index (χ4v) is 2.22. The lowest BCUT2D eigenvalue weighted by molar-refractivity contribution is -0.274. The summed E-state index contributed by atoms with van der Waals surface area (Å²) in [5, 5.41) is 3.19. The van der Waals surface area contributed by atoms with Gasteiger partial charge in [0.2, 0.25) is 0 Å². The Morgan fingerprint density at radius 3 is 2.57 bits per heavy atom. The molecule has 0 aromatic heterocycles. The molecule has 112 valence electrons. The summed E-state index contributed by atoms with van der Waals surface area (Å²) in [5.41, 5.74) is 2.67. The average Bonchev–Trinajstić information content (AvgIpc) is 2.39. The van der Waals surface area contributed by atoms with Crippen LogP contribution in [0.25, 0.3) is 0 Å². The van der Waals surface area contributed by atoms with E-state index in [2.05, 4.69) is 26.0 Å². The second-order valence-electron chi connectivity index (χ2n) is 4.46. The number of rotatable bonds is 4. The van der Waals surface area contributed by atoms with Gasteiger partial charge in [-0.3, -0.25) is 0 Å². The lowest BCUT2D eigenvalue weighted by Gasteiger charge is -2.12. The Bertz CT molecular complexity index is 629. The Hall–Kier alpha value is -1.69. The molecule has 2 nitrogen and oxygen atoms in total. The summed E-state index contributed by atoms with van der Waals surface area (Å²) in [4.78, 5) is 0. The van der Waals surface area contributed by atoms with Crippen LogP contribution in [0.5, 0.6) is 5.75 Å². The molecule has 6 heteroatoms. The average molecular weight is 360 g/mol. The maximum absolute atomic E-state index is 12.2. The van der Waals surface area contributed by atoms with Gasteiger partial charge in [0.15, 0.2) is 0 Å². The highest BCUT2D eigenvalue weighted by Gasteiger charge is 2.31. The van der Waals surface area contributed by atoms with E-state index in [9.17, 15) is 13.2 Å². The van der Waals surface area contributed by atoms with Crippen molar-refractivity contribution < 1.29 is 17.9 Å². The zero-order chi connectivity index (χ0) is 15.5. The summed E-state index contributed by atoms with van der Waals surface area (Å²) < 4.78 is 41.4. The second-order valence-corrected chi connectivity index (χ2v) is 5.32. The van der Waals surface area contributed by atoms with E-state index in [0.717, 1.165) is 15.7 Å². The molecule has 0 saturated carbocycles. The summed E-state index contributed by atoms with van der Waals surface area (Å²) in [6.07, 6.45) is -4.67. The van der Waals surface area contributed by atoms with Crippen LogP contribution >= 0.6 is 15.9 Å². The highest BCUT2D eigenvalue weighted by Crippen LogP contribution is 2.26. The number of benzene rings is 2. The molecule has 0 fully saturated rings. The van der Waals surface area contributed by atoms with E-state index >= 15 is 0 Å². The van der Waals surface area contributed by atoms with Crippen molar-refractivity contribution in [2.24, 2.45) is 0 Å². The first-order valence-corrected chi connectivity index (χ1v) is 6.98. The summed E-state index contributed by atoms with van der Waals surface area (Å²) in [6, 6.07) is 11.7. The number of halogens is 4. The highest BCUT2D eigenvalue weighted by atomic mass is 79.9. The monoisotopic (exact) mass is 359 g/mol. The van der Waals surface area contributed by atoms with Gasteiger partial charge in [-0.2, -0.15) is 0 Å². The van der Waals surface area contributed by atoms with Gasteiger partial charge in [0.1, 0.15) is 5.75 Å². The van der Waals surface area contributed by atoms with Crippen LogP contribution in [0.15, 0.2) is 46.9 Å². The number of anilines is 1. The van der Waals surface area contributed by atoms with E-state index in [4.69, 9.17) is 0 Å². The Morgan fingerprint density at radius 2 is 1.86 bits per heavy atom. The quantitative estimate of drug-likeness (QED) is 0.802. The molecular weight excluding hydrogens is 347 g/mol. The molecule has 0 atom stereocenters. The van der Waals surface area contributed by atoms with Crippen LogP contribution in [-0.2, 0) is 6.54 Å². The molecule has 0 aliphatic rings. The highest BCUT2D eigenvalue weighted by molar-refractivity contribution is 9.10. The molecule has 0 bridgehead atoms. The van der Waals surface area contributed by atoms with Crippen LogP contribution in [0.3, 0.4) is 0 Å². The topological polar surface area (TPSA) is 21.3 Å². The minimum atomic E-state index is -4.67. The first kappa shape index (κ1) is 15.7. The SMILES string of the molecule is Cc1c(Br)cccc1NCc1cccc(OC(F)(F)F)c1. The molecule has 0 spiro atoms. The Morgan fingerprint density at radius 1 is 1.14 bits per heavy atom. The Labute approximate surface area is 129 Å². The van der Waals surface area contributed by atoms with Crippen LogP contribution in [-0.4, -0.2) is 6.36 Å². The summed E-state index contributed by atoms with van der Waals surface area (Å²) in [5.74, 6) is -0.215. The largest absolute Gasteiger partial charge is 0.573 e. The lowest BCUT2D eigenvalue weighted by Crippen LogP contribution is -2.17. The number of alkyl halides is 3. The molecular formula is C15H13BrF3NO. The fraction of sp³-hybridized carbons (Fsp3) is 0.200. The Balaban J connectivity index is 2.07. The molecule has 2 aromatic rings. The Kier molecular flexibility index (Phi) is 4.77. The van der Waals surface area contributed by atoms with Crippen LogP contribution in [0.4, 0.5) is 18.9 Å². The minimum Gasteiger partial charge on any atom is -0.406 e. The number of hydrogen-bond acceptors (Lipinski definition) is 2. The van der Waals surface area contributed by atoms with Crippen LogP contribution < -0.4 is 10.1 Å². The normalized spacial score (nSPS) is 11.3. The number of hydrogen-bond donors (Lipinski definition) is 1. The second kappa shape index (κ2) is 6.39. The third-order valence-corrected chi connectivity index (χ3v) is 3.74. The van der Waals surface area contributed by atoms with Gasteiger partial charge in [0.25, 0.3) is 0 Å². The van der Waals surface area contributed by atoms with Crippen molar-refractivity contribution in [2.45, 2.75) is 19.8 Å². The van der Waals surface area contributed by atoms with Gasteiger partial charge >= 0.3 is 6.36 Å². The van der Waals surface area contributed by atoms with Crippen molar-refractivity contribution in [1.82, 2.24) is 0 Å². The van der Waals surface area contributed by atoms with Gasteiger partial charge in [-0.25, -0.2) is 0 Å². The van der Waals surface area contributed by atoms with Crippen LogP contribution in [0, 0.1) is 6.92 Å². The molecule has 0 aliphatic heterocycles. The molecule has 0 aliphatic carbocycles. The summed E-state index contributed by atoms with van der Waals surface area (Å²) in [7, 11) is 0. The lowest BCUT2D eigenvalue weighted by atomic mass is 10.1. The predicted molar refractivity (Wildman–Crippen MR) is 79.3 cm³/mol. The fourth-order valence-electron chi connectivity index (χ4n) is 1.85. The molecule has 0 radical (unpaired) electrons. The third kappa shape index (κ3) is 4.67. The van der Waals surface area contributed by atoms with E-state index in [1.54, 1.807) is 6.07 Å². The molecule has 0 amide bonds. The van der Waals surface area contributed by atoms with E-state index in [1.807, 2.05) is 25.1 Å². The first-order valence-electron chi connectivity index (χ1n) is 6.19. The van der Waals surface area contributed by atoms with E-state index in [1.165, 1.54) is 18.2 Å². The van der Waals surface area contributed by atoms with Gasteiger partial charge in [-0.15, -0.1) is 13.2 Å². The molecule has 1 N–H and O–H groups in total. The standard InChI is InChI=1S/C15H13BrF3NO/c1-10-13(16)6-3-7-14(10)20-9-11-4-2-5-12(8-11)21-15(17,18)19/h2-8,20H,9H2,1H3. The molecule has 0 saturated heterocycles. The number of nitrogens with one attached hydrogen (secondary N) is 1. The molecule has 0 unspecified atom stereocenters. The van der Waals surface area contributed by atoms with Gasteiger partial charge in [-0.05, 0) is 42.3 Å². The molecule has 2 rings (SSSR count). The van der Waals surface area contributed by atoms with Crippen LogP contribution in [0.2, 0.25) is 0 Å². The maximum atomic E-state index is 12.2. The van der Waals surface area contributed by atoms with Crippen molar-refractivity contribution in [1.29, 1.82) is 0 Å². The van der Waals surface area contributed by atoms with Crippen molar-refractivity contribution in [3.63, 3.8) is 0 Å². The zero-order valence-corrected chi connectivity index (χ0v) is 12.8. The van der Waals surface area contributed by atoms with Gasteiger partial charge in [-0.1, -0.05) is 34.1 Å². The van der Waals surface area contributed by atoms with E-state index in [-0.39, 0.29) is 5.75 Å². The van der Waals surface area contributed by atoms with Gasteiger partial charge < -0.3 is 10.1 Å². The molecule has 0 heterocycles. The number of ether oxygens (including phenoxy) is 1. The summed E-state index contributed by atoms with van der Waals surface area (Å²) in [6.45, 7) is 2.36. The minimum absolute atomic E-state index is 0.215. The smallest absolute Gasteiger partial charge is 0.406 e. The van der Waals surface area contributed by atoms with Crippen molar-refractivity contribution in [3.05, 3.63) is 58.1 Å². The summed E-state index contributed by atoms with van der Waals surface area (Å²) >= 11 is 3.43. The third-order valence-electron chi connectivity index (χ3n) is 2.88. The molecule has 21 heavy (non-hydrogen) atoms. The van der Waals surface area contributed by atoms with Crippen molar-refractivity contribution in [2.75, 3.05) is 5.32 Å². The molecule has 2 aromatic carbocycles. The zero-order valence-electron chi connectivity index (χ0n) is 11.2. The van der Waals surface area contributed by atoms with E-state index in [0.29, 0.717) is 12.1 Å². The first-order chi connectivity index (χ1) is 9.85. The van der Waals surface area contributed by atoms with Crippen molar-refractivity contribution >= 4 is 21.6 Å². The van der Waals surface area contributed by atoms with Crippen molar-refractivity contribution in [3.8, 4) is 5.75 Å². The van der Waals surface area contributed by atoms with Gasteiger partial charge in [0.05, 0.1) is 0 Å². The maximum Gasteiger partial charge on any atom is 0.573 e.